The van der Waals surface area contributed by atoms with E-state index in [1.54, 1.807) is 19.2 Å². The number of hydrogen-bond acceptors (Lipinski definition) is 2. The molecule has 17 heavy (non-hydrogen) atoms. The molecule has 0 spiro atoms. The molecule has 0 amide bonds. The predicted molar refractivity (Wildman–Crippen MR) is 66.3 cm³/mol. The number of fused-ring (bicyclic) bond motifs is 1. The van der Waals surface area contributed by atoms with Gasteiger partial charge in [-0.3, -0.25) is 4.79 Å². The van der Waals surface area contributed by atoms with E-state index in [9.17, 15) is 9.18 Å². The zero-order valence-electron chi connectivity index (χ0n) is 9.22. The second kappa shape index (κ2) is 4.87. The smallest absolute Gasteiger partial charge is 0.310 e. The molecule has 0 bridgehead atoms. The molecule has 90 valence electrons. The maximum atomic E-state index is 13.5. The van der Waals surface area contributed by atoms with Gasteiger partial charge in [0.2, 0.25) is 0 Å². The summed E-state index contributed by atoms with van der Waals surface area (Å²) >= 11 is 3.35. The molecule has 2 rings (SSSR count). The Balaban J connectivity index is 2.42. The minimum Gasteiger partial charge on any atom is -0.466 e. The van der Waals surface area contributed by atoms with E-state index < -0.39 is 0 Å². The SMILES string of the molecule is CCOC(=O)Cc1c[nH]c2c(F)ccc(Br)c12. The van der Waals surface area contributed by atoms with Gasteiger partial charge in [0, 0.05) is 16.1 Å². The van der Waals surface area contributed by atoms with Gasteiger partial charge in [-0.05, 0) is 24.6 Å². The summed E-state index contributed by atoms with van der Waals surface area (Å²) in [6.07, 6.45) is 1.77. The maximum Gasteiger partial charge on any atom is 0.310 e. The van der Waals surface area contributed by atoms with Gasteiger partial charge in [0.1, 0.15) is 5.82 Å². The third-order valence-corrected chi connectivity index (χ3v) is 3.12. The monoisotopic (exact) mass is 299 g/mol. The number of halogens is 2. The molecule has 0 aliphatic heterocycles. The molecule has 0 aliphatic rings. The van der Waals surface area contributed by atoms with Gasteiger partial charge in [-0.25, -0.2) is 4.39 Å². The van der Waals surface area contributed by atoms with Gasteiger partial charge in [-0.1, -0.05) is 15.9 Å². The van der Waals surface area contributed by atoms with Crippen LogP contribution in [0.15, 0.2) is 22.8 Å². The lowest BCUT2D eigenvalue weighted by Crippen LogP contribution is -2.07. The van der Waals surface area contributed by atoms with Gasteiger partial charge in [-0.15, -0.1) is 0 Å². The lowest BCUT2D eigenvalue weighted by atomic mass is 10.1. The number of rotatable bonds is 3. The Kier molecular flexibility index (Phi) is 3.47. The molecule has 0 atom stereocenters. The van der Waals surface area contributed by atoms with Crippen LogP contribution >= 0.6 is 15.9 Å². The molecule has 1 aromatic carbocycles. The molecular formula is C12H11BrFNO2. The van der Waals surface area contributed by atoms with Crippen molar-refractivity contribution in [1.82, 2.24) is 4.98 Å². The topological polar surface area (TPSA) is 42.1 Å². The van der Waals surface area contributed by atoms with Crippen LogP contribution in [0, 0.1) is 5.82 Å². The molecule has 0 aliphatic carbocycles. The standard InChI is InChI=1S/C12H11BrFNO2/c1-2-17-10(16)5-7-6-15-12-9(14)4-3-8(13)11(7)12/h3-4,6,15H,2,5H2,1H3. The Hall–Kier alpha value is -1.36. The van der Waals surface area contributed by atoms with E-state index in [0.29, 0.717) is 17.5 Å². The number of hydrogen-bond donors (Lipinski definition) is 1. The highest BCUT2D eigenvalue weighted by Gasteiger charge is 2.14. The van der Waals surface area contributed by atoms with Crippen LogP contribution in [0.4, 0.5) is 4.39 Å². The van der Waals surface area contributed by atoms with Crippen molar-refractivity contribution in [2.24, 2.45) is 0 Å². The first-order valence-electron chi connectivity index (χ1n) is 5.23. The number of nitrogens with one attached hydrogen (secondary N) is 1. The summed E-state index contributed by atoms with van der Waals surface area (Å²) in [7, 11) is 0. The lowest BCUT2D eigenvalue weighted by molar-refractivity contribution is -0.142. The summed E-state index contributed by atoms with van der Waals surface area (Å²) in [4.78, 5) is 14.2. The highest BCUT2D eigenvalue weighted by atomic mass is 79.9. The fourth-order valence-corrected chi connectivity index (χ4v) is 2.33. The van der Waals surface area contributed by atoms with Gasteiger partial charge < -0.3 is 9.72 Å². The number of ether oxygens (including phenoxy) is 1. The third-order valence-electron chi connectivity index (χ3n) is 2.46. The number of carbonyl (C=O) groups excluding carboxylic acids is 1. The van der Waals surface area contributed by atoms with Crippen molar-refractivity contribution in [3.05, 3.63) is 34.2 Å². The zero-order valence-corrected chi connectivity index (χ0v) is 10.8. The third kappa shape index (κ3) is 2.34. The number of aromatic nitrogens is 1. The molecule has 1 heterocycles. The maximum absolute atomic E-state index is 13.5. The van der Waals surface area contributed by atoms with Crippen LogP contribution in [0.2, 0.25) is 0 Å². The van der Waals surface area contributed by atoms with E-state index in [0.717, 1.165) is 10.0 Å². The van der Waals surface area contributed by atoms with Crippen LogP contribution in [0.5, 0.6) is 0 Å². The molecule has 1 N–H and O–H groups in total. The van der Waals surface area contributed by atoms with Crippen molar-refractivity contribution in [2.75, 3.05) is 6.61 Å². The van der Waals surface area contributed by atoms with Crippen molar-refractivity contribution in [2.45, 2.75) is 13.3 Å². The first-order valence-corrected chi connectivity index (χ1v) is 6.02. The van der Waals surface area contributed by atoms with Crippen LogP contribution in [0.25, 0.3) is 10.9 Å². The van der Waals surface area contributed by atoms with Crippen molar-refractivity contribution in [3.63, 3.8) is 0 Å². The fourth-order valence-electron chi connectivity index (χ4n) is 1.75. The van der Waals surface area contributed by atoms with E-state index in [-0.39, 0.29) is 18.2 Å². The Morgan fingerprint density at radius 1 is 1.53 bits per heavy atom. The van der Waals surface area contributed by atoms with Crippen LogP contribution in [-0.4, -0.2) is 17.6 Å². The van der Waals surface area contributed by atoms with Crippen molar-refractivity contribution in [1.29, 1.82) is 0 Å². The Morgan fingerprint density at radius 2 is 2.29 bits per heavy atom. The second-order valence-corrected chi connectivity index (χ2v) is 4.43. The van der Waals surface area contributed by atoms with Gasteiger partial charge >= 0.3 is 5.97 Å². The molecule has 1 aromatic heterocycles. The first-order chi connectivity index (χ1) is 8.13. The Bertz CT molecular complexity index is 565. The number of carbonyl (C=O) groups is 1. The highest BCUT2D eigenvalue weighted by molar-refractivity contribution is 9.10. The van der Waals surface area contributed by atoms with Gasteiger partial charge in [-0.2, -0.15) is 0 Å². The van der Waals surface area contributed by atoms with Crippen LogP contribution in [-0.2, 0) is 16.0 Å². The fraction of sp³-hybridized carbons (Fsp3) is 0.250. The van der Waals surface area contributed by atoms with E-state index in [2.05, 4.69) is 20.9 Å². The summed E-state index contributed by atoms with van der Waals surface area (Å²) in [6, 6.07) is 3.00. The normalized spacial score (nSPS) is 10.8. The molecular weight excluding hydrogens is 289 g/mol. The molecule has 3 nitrogen and oxygen atoms in total. The van der Waals surface area contributed by atoms with E-state index in [4.69, 9.17) is 4.74 Å². The number of esters is 1. The van der Waals surface area contributed by atoms with Crippen LogP contribution < -0.4 is 0 Å². The zero-order chi connectivity index (χ0) is 12.4. The molecule has 5 heteroatoms. The Labute approximate surface area is 106 Å². The predicted octanol–water partition coefficient (Wildman–Crippen LogP) is 3.18. The molecule has 0 saturated carbocycles. The summed E-state index contributed by atoms with van der Waals surface area (Å²) in [5, 5.41) is 0.693. The first kappa shape index (κ1) is 12.1. The van der Waals surface area contributed by atoms with E-state index in [1.165, 1.54) is 6.07 Å². The average Bonchev–Trinajstić information content (AvgIpc) is 2.69. The van der Waals surface area contributed by atoms with E-state index in [1.807, 2.05) is 0 Å². The second-order valence-electron chi connectivity index (χ2n) is 3.57. The number of benzene rings is 1. The van der Waals surface area contributed by atoms with E-state index >= 15 is 0 Å². The summed E-state index contributed by atoms with van der Waals surface area (Å²) < 4.78 is 19.1. The number of H-pyrrole nitrogens is 1. The summed E-state index contributed by atoms with van der Waals surface area (Å²) in [5.41, 5.74) is 1.13. The molecule has 0 saturated heterocycles. The quantitative estimate of drug-likeness (QED) is 0.885. The van der Waals surface area contributed by atoms with Gasteiger partial charge in [0.05, 0.1) is 18.5 Å². The van der Waals surface area contributed by atoms with Crippen LogP contribution in [0.1, 0.15) is 12.5 Å². The Morgan fingerprint density at radius 3 is 3.00 bits per heavy atom. The molecule has 0 unspecified atom stereocenters. The van der Waals surface area contributed by atoms with Crippen molar-refractivity contribution >= 4 is 32.8 Å². The minimum absolute atomic E-state index is 0.135. The van der Waals surface area contributed by atoms with Crippen molar-refractivity contribution < 1.29 is 13.9 Å². The van der Waals surface area contributed by atoms with Gasteiger partial charge in [0.15, 0.2) is 0 Å². The largest absolute Gasteiger partial charge is 0.466 e. The summed E-state index contributed by atoms with van der Waals surface area (Å²) in [6.45, 7) is 2.10. The summed E-state index contributed by atoms with van der Waals surface area (Å²) in [5.74, 6) is -0.650. The van der Waals surface area contributed by atoms with Crippen molar-refractivity contribution in [3.8, 4) is 0 Å². The number of aromatic amines is 1. The lowest BCUT2D eigenvalue weighted by Gasteiger charge is -2.02. The molecule has 2 aromatic rings. The minimum atomic E-state index is -0.335. The molecule has 0 fully saturated rings. The molecule has 0 radical (unpaired) electrons. The van der Waals surface area contributed by atoms with Gasteiger partial charge in [0.25, 0.3) is 0 Å². The highest BCUT2D eigenvalue weighted by Crippen LogP contribution is 2.29. The van der Waals surface area contributed by atoms with Crippen LogP contribution in [0.3, 0.4) is 0 Å². The average molecular weight is 300 g/mol.